The Morgan fingerprint density at radius 1 is 0.941 bits per heavy atom. The van der Waals surface area contributed by atoms with Gasteiger partial charge in [0.15, 0.2) is 0 Å². The molecule has 0 saturated heterocycles. The summed E-state index contributed by atoms with van der Waals surface area (Å²) in [6.45, 7) is 7.43. The highest BCUT2D eigenvalue weighted by atomic mass is 16.5. The van der Waals surface area contributed by atoms with Gasteiger partial charge in [0.2, 0.25) is 0 Å². The van der Waals surface area contributed by atoms with E-state index >= 15 is 0 Å². The summed E-state index contributed by atoms with van der Waals surface area (Å²) in [5, 5.41) is 4.11. The van der Waals surface area contributed by atoms with Crippen molar-refractivity contribution < 1.29 is 9.26 Å². The van der Waals surface area contributed by atoms with E-state index in [-0.39, 0.29) is 5.56 Å². The van der Waals surface area contributed by atoms with E-state index < -0.39 is 0 Å². The molecule has 0 N–H and O–H groups in total. The van der Waals surface area contributed by atoms with E-state index in [1.807, 2.05) is 48.9 Å². The maximum absolute atomic E-state index is 13.5. The first-order chi connectivity index (χ1) is 16.5. The van der Waals surface area contributed by atoms with Crippen LogP contribution in [0.3, 0.4) is 0 Å². The van der Waals surface area contributed by atoms with Gasteiger partial charge in [0.05, 0.1) is 31.6 Å². The number of aromatic nitrogens is 3. The maximum Gasteiger partial charge on any atom is 0.270 e. The summed E-state index contributed by atoms with van der Waals surface area (Å²) in [5.74, 6) is 1.69. The fourth-order valence-electron chi connectivity index (χ4n) is 4.76. The zero-order chi connectivity index (χ0) is 23.7. The molecule has 2 aromatic carbocycles. The zero-order valence-corrected chi connectivity index (χ0v) is 20.0. The molecule has 7 nitrogen and oxygen atoms in total. The minimum Gasteiger partial charge on any atom is -0.497 e. The van der Waals surface area contributed by atoms with Gasteiger partial charge in [0, 0.05) is 30.8 Å². The Bertz CT molecular complexity index is 1310. The first-order valence-electron chi connectivity index (χ1n) is 11.7. The summed E-state index contributed by atoms with van der Waals surface area (Å²) < 4.78 is 14.8. The van der Waals surface area contributed by atoms with Crippen molar-refractivity contribution >= 4 is 0 Å². The molecule has 0 unspecified atom stereocenters. The second-order valence-corrected chi connectivity index (χ2v) is 8.94. The third-order valence-electron chi connectivity index (χ3n) is 6.72. The molecule has 0 aliphatic carbocycles. The number of hydrogen-bond acceptors (Lipinski definition) is 5. The molecule has 176 valence electrons. The summed E-state index contributed by atoms with van der Waals surface area (Å²) in [6.07, 6.45) is 0.738. The van der Waals surface area contributed by atoms with Crippen molar-refractivity contribution in [1.82, 2.24) is 19.4 Å². The Balaban J connectivity index is 1.51. The summed E-state index contributed by atoms with van der Waals surface area (Å²) in [6, 6.07) is 18.2. The number of benzene rings is 2. The normalized spacial score (nSPS) is 13.7. The first kappa shape index (κ1) is 22.2. The number of ether oxygens (including phenoxy) is 1. The topological polar surface area (TPSA) is 65.4 Å². The molecule has 0 atom stereocenters. The van der Waals surface area contributed by atoms with E-state index in [1.165, 1.54) is 0 Å². The van der Waals surface area contributed by atoms with Gasteiger partial charge in [-0.3, -0.25) is 14.4 Å². The minimum atomic E-state index is 0.115. The van der Waals surface area contributed by atoms with Crippen molar-refractivity contribution in [3.05, 3.63) is 104 Å². The van der Waals surface area contributed by atoms with Crippen LogP contribution >= 0.6 is 0 Å². The van der Waals surface area contributed by atoms with Crippen LogP contribution in [0.2, 0.25) is 0 Å². The van der Waals surface area contributed by atoms with Crippen molar-refractivity contribution in [3.63, 3.8) is 0 Å². The van der Waals surface area contributed by atoms with Gasteiger partial charge < -0.3 is 9.26 Å². The Morgan fingerprint density at radius 2 is 1.65 bits per heavy atom. The molecular weight excluding hydrogens is 428 g/mol. The predicted molar refractivity (Wildman–Crippen MR) is 130 cm³/mol. The highest BCUT2D eigenvalue weighted by Gasteiger charge is 2.27. The van der Waals surface area contributed by atoms with Crippen molar-refractivity contribution in [2.75, 3.05) is 13.7 Å². The predicted octanol–water partition coefficient (Wildman–Crippen LogP) is 3.92. The summed E-state index contributed by atoms with van der Waals surface area (Å²) in [7, 11) is 1.67. The number of fused-ring (bicyclic) bond motifs is 1. The van der Waals surface area contributed by atoms with Crippen LogP contribution in [0.4, 0.5) is 0 Å². The van der Waals surface area contributed by atoms with Crippen LogP contribution in [0.1, 0.15) is 39.4 Å². The average Bonchev–Trinajstić information content (AvgIpc) is 3.31. The lowest BCUT2D eigenvalue weighted by molar-refractivity contribution is 0.233. The Morgan fingerprint density at radius 3 is 2.32 bits per heavy atom. The molecule has 34 heavy (non-hydrogen) atoms. The van der Waals surface area contributed by atoms with Crippen LogP contribution < -0.4 is 10.3 Å². The number of aryl methyl sites for hydroxylation is 2. The van der Waals surface area contributed by atoms with E-state index in [0.29, 0.717) is 19.6 Å². The van der Waals surface area contributed by atoms with Gasteiger partial charge in [-0.15, -0.1) is 0 Å². The minimum absolute atomic E-state index is 0.115. The van der Waals surface area contributed by atoms with E-state index in [9.17, 15) is 4.79 Å². The molecule has 0 fully saturated rings. The second kappa shape index (κ2) is 9.35. The molecular formula is C27H30N4O3. The van der Waals surface area contributed by atoms with Gasteiger partial charge in [-0.1, -0.05) is 47.6 Å². The van der Waals surface area contributed by atoms with Gasteiger partial charge >= 0.3 is 0 Å². The van der Waals surface area contributed by atoms with Crippen molar-refractivity contribution in [2.24, 2.45) is 0 Å². The highest BCUT2D eigenvalue weighted by Crippen LogP contribution is 2.23. The fraction of sp³-hybridized carbons (Fsp3) is 0.333. The van der Waals surface area contributed by atoms with Crippen LogP contribution in [-0.4, -0.2) is 33.1 Å². The number of hydrogen-bond donors (Lipinski definition) is 0. The lowest BCUT2D eigenvalue weighted by atomic mass is 10.1. The van der Waals surface area contributed by atoms with Gasteiger partial charge in [-0.05, 0) is 43.5 Å². The zero-order valence-electron chi connectivity index (χ0n) is 20.0. The lowest BCUT2D eigenvalue weighted by Gasteiger charge is -2.27. The second-order valence-electron chi connectivity index (χ2n) is 8.94. The lowest BCUT2D eigenvalue weighted by Crippen LogP contribution is -2.32. The van der Waals surface area contributed by atoms with Crippen molar-refractivity contribution in [3.8, 4) is 5.75 Å². The molecule has 3 heterocycles. The monoisotopic (exact) mass is 458 g/mol. The number of rotatable bonds is 7. The van der Waals surface area contributed by atoms with Crippen LogP contribution in [0.15, 0.2) is 63.9 Å². The SMILES string of the molecule is COc1ccc(Cn2c3c(c(=O)n2Cc2ccccc2)CCN(Cc2c(C)noc2C)C3)cc1. The molecule has 4 aromatic rings. The van der Waals surface area contributed by atoms with Gasteiger partial charge in [0.1, 0.15) is 11.5 Å². The quantitative estimate of drug-likeness (QED) is 0.420. The molecule has 0 spiro atoms. The molecule has 2 aromatic heterocycles. The van der Waals surface area contributed by atoms with E-state index in [4.69, 9.17) is 9.26 Å². The molecule has 0 bridgehead atoms. The molecule has 0 saturated carbocycles. The highest BCUT2D eigenvalue weighted by molar-refractivity contribution is 5.30. The largest absolute Gasteiger partial charge is 0.497 e. The smallest absolute Gasteiger partial charge is 0.270 e. The number of methoxy groups -OCH3 is 1. The van der Waals surface area contributed by atoms with Crippen LogP contribution in [-0.2, 0) is 32.6 Å². The molecule has 7 heteroatoms. The van der Waals surface area contributed by atoms with Crippen molar-refractivity contribution in [2.45, 2.75) is 46.4 Å². The molecule has 0 radical (unpaired) electrons. The van der Waals surface area contributed by atoms with E-state index in [1.54, 1.807) is 7.11 Å². The Hall–Kier alpha value is -3.58. The Kier molecular flexibility index (Phi) is 6.11. The van der Waals surface area contributed by atoms with Crippen LogP contribution in [0.5, 0.6) is 5.75 Å². The summed E-state index contributed by atoms with van der Waals surface area (Å²) in [4.78, 5) is 15.9. The maximum atomic E-state index is 13.5. The van der Waals surface area contributed by atoms with Crippen LogP contribution in [0, 0.1) is 13.8 Å². The molecule has 5 rings (SSSR count). The average molecular weight is 459 g/mol. The van der Waals surface area contributed by atoms with Gasteiger partial charge in [-0.25, -0.2) is 4.68 Å². The van der Waals surface area contributed by atoms with Gasteiger partial charge in [0.25, 0.3) is 5.56 Å². The first-order valence-corrected chi connectivity index (χ1v) is 11.7. The van der Waals surface area contributed by atoms with Gasteiger partial charge in [-0.2, -0.15) is 0 Å². The standard InChI is InChI=1S/C27H30N4O3/c1-19-25(20(2)34-28-19)17-29-14-13-24-26(18-29)30(15-22-9-11-23(33-3)12-10-22)31(27(24)32)16-21-7-5-4-6-8-21/h4-12H,13-18H2,1-3H3. The van der Waals surface area contributed by atoms with E-state index in [0.717, 1.165) is 64.7 Å². The summed E-state index contributed by atoms with van der Waals surface area (Å²) in [5.41, 5.74) is 6.45. The summed E-state index contributed by atoms with van der Waals surface area (Å²) >= 11 is 0. The molecule has 0 amide bonds. The third-order valence-corrected chi connectivity index (χ3v) is 6.72. The molecule has 1 aliphatic heterocycles. The fourth-order valence-corrected chi connectivity index (χ4v) is 4.76. The number of nitrogens with zero attached hydrogens (tertiary/aromatic N) is 4. The van der Waals surface area contributed by atoms with E-state index in [2.05, 4.69) is 39.0 Å². The van der Waals surface area contributed by atoms with Crippen molar-refractivity contribution in [1.29, 1.82) is 0 Å². The van der Waals surface area contributed by atoms with Crippen LogP contribution in [0.25, 0.3) is 0 Å². The third kappa shape index (κ3) is 4.31. The Labute approximate surface area is 199 Å². The molecule has 1 aliphatic rings.